The number of ether oxygens (including phenoxy) is 1. The highest BCUT2D eigenvalue weighted by molar-refractivity contribution is 6.30. The molecule has 33 heavy (non-hydrogen) atoms. The summed E-state index contributed by atoms with van der Waals surface area (Å²) in [5, 5.41) is 16.4. The Bertz CT molecular complexity index is 1080. The lowest BCUT2D eigenvalue weighted by Gasteiger charge is -2.40. The summed E-state index contributed by atoms with van der Waals surface area (Å²) in [6.45, 7) is 1.38. The van der Waals surface area contributed by atoms with Crippen molar-refractivity contribution in [2.24, 2.45) is 0 Å². The third-order valence-electron chi connectivity index (χ3n) is 5.91. The molecule has 2 aromatic carbocycles. The average Bonchev–Trinajstić information content (AvgIpc) is 2.85. The molecular weight excluding hydrogens is 440 g/mol. The number of pyridine rings is 1. The second kappa shape index (κ2) is 10.6. The van der Waals surface area contributed by atoms with Crippen LogP contribution in [0, 0.1) is 0 Å². The van der Waals surface area contributed by atoms with Gasteiger partial charge in [-0.05, 0) is 48.9 Å². The molecule has 0 radical (unpaired) electrons. The molecule has 3 N–H and O–H groups in total. The molecule has 1 aliphatic heterocycles. The van der Waals surface area contributed by atoms with Crippen LogP contribution in [0.15, 0.2) is 66.9 Å². The first-order chi connectivity index (χ1) is 16.1. The number of carbonyl (C=O) groups is 1. The van der Waals surface area contributed by atoms with Gasteiger partial charge in [-0.1, -0.05) is 29.8 Å². The van der Waals surface area contributed by atoms with Crippen molar-refractivity contribution in [1.29, 1.82) is 0 Å². The van der Waals surface area contributed by atoms with Crippen LogP contribution in [-0.2, 0) is 6.61 Å². The number of aliphatic hydroxyl groups excluding tert-OH is 1. The first kappa shape index (κ1) is 22.9. The highest BCUT2D eigenvalue weighted by Crippen LogP contribution is 2.32. The number of para-hydroxylation sites is 1. The number of anilines is 2. The van der Waals surface area contributed by atoms with Crippen LogP contribution in [0.5, 0.6) is 5.75 Å². The van der Waals surface area contributed by atoms with E-state index in [2.05, 4.69) is 20.5 Å². The van der Waals surface area contributed by atoms with Gasteiger partial charge >= 0.3 is 6.03 Å². The maximum atomic E-state index is 12.8. The minimum atomic E-state index is -0.273. The molecule has 2 heterocycles. The topological polar surface area (TPSA) is 86.7 Å². The Morgan fingerprint density at radius 1 is 1.18 bits per heavy atom. The fraction of sp³-hybridized carbons (Fsp3) is 0.280. The van der Waals surface area contributed by atoms with Gasteiger partial charge in [0.2, 0.25) is 0 Å². The van der Waals surface area contributed by atoms with Crippen molar-refractivity contribution < 1.29 is 14.6 Å². The van der Waals surface area contributed by atoms with E-state index in [4.69, 9.17) is 16.3 Å². The quantitative estimate of drug-likeness (QED) is 0.500. The van der Waals surface area contributed by atoms with E-state index >= 15 is 0 Å². The summed E-state index contributed by atoms with van der Waals surface area (Å²) in [7, 11) is 1.61. The van der Waals surface area contributed by atoms with Crippen molar-refractivity contribution in [1.82, 2.24) is 10.3 Å². The molecule has 172 valence electrons. The fourth-order valence-corrected chi connectivity index (χ4v) is 4.32. The van der Waals surface area contributed by atoms with Gasteiger partial charge in [0.1, 0.15) is 5.75 Å². The molecule has 0 saturated carbocycles. The van der Waals surface area contributed by atoms with E-state index in [0.29, 0.717) is 23.0 Å². The number of carbonyl (C=O) groups excluding carboxylic acids is 1. The third-order valence-corrected chi connectivity index (χ3v) is 6.16. The number of amides is 2. The summed E-state index contributed by atoms with van der Waals surface area (Å²) in [5.74, 6) is 0.634. The number of rotatable bonds is 6. The summed E-state index contributed by atoms with van der Waals surface area (Å²) in [6.07, 6.45) is 2.42. The van der Waals surface area contributed by atoms with Crippen LogP contribution in [0.1, 0.15) is 23.6 Å². The number of benzene rings is 2. The van der Waals surface area contributed by atoms with E-state index in [1.165, 1.54) is 0 Å². The fourth-order valence-electron chi connectivity index (χ4n) is 4.20. The Labute approximate surface area is 198 Å². The van der Waals surface area contributed by atoms with Crippen molar-refractivity contribution in [3.05, 3.63) is 83.1 Å². The van der Waals surface area contributed by atoms with Crippen LogP contribution in [-0.4, -0.2) is 42.4 Å². The van der Waals surface area contributed by atoms with E-state index < -0.39 is 0 Å². The monoisotopic (exact) mass is 466 g/mol. The van der Waals surface area contributed by atoms with Gasteiger partial charge in [0.25, 0.3) is 0 Å². The van der Waals surface area contributed by atoms with E-state index in [1.807, 2.05) is 36.4 Å². The van der Waals surface area contributed by atoms with Gasteiger partial charge in [-0.2, -0.15) is 0 Å². The molecule has 0 spiro atoms. The molecule has 4 rings (SSSR count). The lowest BCUT2D eigenvalue weighted by Crippen LogP contribution is -2.51. The highest BCUT2D eigenvalue weighted by Gasteiger charge is 2.33. The summed E-state index contributed by atoms with van der Waals surface area (Å²) in [5.41, 5.74) is 3.43. The SMILES string of the molecule is COc1ccc(C2CN(c3ccccc3CO)CCC2NC(=O)Nc2ccc(Cl)cc2)nc1. The van der Waals surface area contributed by atoms with Gasteiger partial charge in [0, 0.05) is 52.7 Å². The normalized spacial score (nSPS) is 18.0. The molecule has 1 fully saturated rings. The molecule has 8 heteroatoms. The number of urea groups is 1. The molecule has 7 nitrogen and oxygen atoms in total. The molecule has 1 aromatic heterocycles. The van der Waals surface area contributed by atoms with Gasteiger partial charge in [-0.25, -0.2) is 4.79 Å². The van der Waals surface area contributed by atoms with Crippen LogP contribution in [0.3, 0.4) is 0 Å². The second-order valence-electron chi connectivity index (χ2n) is 7.96. The van der Waals surface area contributed by atoms with Crippen molar-refractivity contribution in [2.75, 3.05) is 30.4 Å². The molecule has 2 atom stereocenters. The largest absolute Gasteiger partial charge is 0.495 e. The Balaban J connectivity index is 1.54. The predicted octanol–water partition coefficient (Wildman–Crippen LogP) is 4.42. The zero-order chi connectivity index (χ0) is 23.2. The number of halogens is 1. The van der Waals surface area contributed by atoms with Crippen molar-refractivity contribution in [3.63, 3.8) is 0 Å². The van der Waals surface area contributed by atoms with Crippen molar-refractivity contribution in [3.8, 4) is 5.75 Å². The Morgan fingerprint density at radius 2 is 1.97 bits per heavy atom. The number of aliphatic hydroxyl groups is 1. The first-order valence-electron chi connectivity index (χ1n) is 10.8. The predicted molar refractivity (Wildman–Crippen MR) is 130 cm³/mol. The number of nitrogens with one attached hydrogen (secondary N) is 2. The second-order valence-corrected chi connectivity index (χ2v) is 8.40. The molecule has 1 saturated heterocycles. The zero-order valence-electron chi connectivity index (χ0n) is 18.4. The highest BCUT2D eigenvalue weighted by atomic mass is 35.5. The molecule has 0 bridgehead atoms. The minimum absolute atomic E-state index is 0.0245. The summed E-state index contributed by atoms with van der Waals surface area (Å²) in [6, 6.07) is 18.3. The van der Waals surface area contributed by atoms with Crippen LogP contribution < -0.4 is 20.3 Å². The average molecular weight is 467 g/mol. The summed E-state index contributed by atoms with van der Waals surface area (Å²) in [4.78, 5) is 19.6. The van der Waals surface area contributed by atoms with E-state index in [9.17, 15) is 9.90 Å². The number of hydrogen-bond donors (Lipinski definition) is 3. The summed E-state index contributed by atoms with van der Waals surface area (Å²) < 4.78 is 5.25. The van der Waals surface area contributed by atoms with Crippen LogP contribution in [0.2, 0.25) is 5.02 Å². The lowest BCUT2D eigenvalue weighted by atomic mass is 9.88. The van der Waals surface area contributed by atoms with Gasteiger partial charge in [-0.3, -0.25) is 4.98 Å². The Hall–Kier alpha value is -3.29. The van der Waals surface area contributed by atoms with Crippen LogP contribution >= 0.6 is 11.6 Å². The van der Waals surface area contributed by atoms with E-state index in [1.54, 1.807) is 37.6 Å². The van der Waals surface area contributed by atoms with Gasteiger partial charge < -0.3 is 25.4 Å². The molecule has 3 aromatic rings. The zero-order valence-corrected chi connectivity index (χ0v) is 19.1. The van der Waals surface area contributed by atoms with Crippen LogP contribution in [0.25, 0.3) is 0 Å². The smallest absolute Gasteiger partial charge is 0.319 e. The minimum Gasteiger partial charge on any atom is -0.495 e. The van der Waals surface area contributed by atoms with Gasteiger partial charge in [-0.15, -0.1) is 0 Å². The number of methoxy groups -OCH3 is 1. The Kier molecular flexibility index (Phi) is 7.32. The van der Waals surface area contributed by atoms with E-state index in [0.717, 1.165) is 29.9 Å². The maximum Gasteiger partial charge on any atom is 0.319 e. The van der Waals surface area contributed by atoms with Crippen molar-refractivity contribution >= 4 is 29.0 Å². The number of aromatic nitrogens is 1. The first-order valence-corrected chi connectivity index (χ1v) is 11.2. The lowest BCUT2D eigenvalue weighted by molar-refractivity contribution is 0.243. The molecule has 2 unspecified atom stereocenters. The standard InChI is InChI=1S/C25H27ClN4O3/c1-33-20-10-11-22(27-14-20)21-15-30(24-5-3-2-4-17(24)16-31)13-12-23(21)29-25(32)28-19-8-6-18(26)7-9-19/h2-11,14,21,23,31H,12-13,15-16H2,1H3,(H2,28,29,32). The third kappa shape index (κ3) is 5.56. The van der Waals surface area contributed by atoms with E-state index in [-0.39, 0.29) is 24.6 Å². The maximum absolute atomic E-state index is 12.8. The van der Waals surface area contributed by atoms with Crippen LogP contribution in [0.4, 0.5) is 16.2 Å². The number of hydrogen-bond acceptors (Lipinski definition) is 5. The number of nitrogens with zero attached hydrogens (tertiary/aromatic N) is 2. The van der Waals surface area contributed by atoms with Crippen molar-refractivity contribution in [2.45, 2.75) is 25.0 Å². The molecule has 1 aliphatic rings. The molecule has 0 aliphatic carbocycles. The molecule has 2 amide bonds. The summed E-state index contributed by atoms with van der Waals surface area (Å²) >= 11 is 5.93. The Morgan fingerprint density at radius 3 is 2.67 bits per heavy atom. The molecular formula is C25H27ClN4O3. The number of piperidine rings is 1. The van der Waals surface area contributed by atoms with Gasteiger partial charge in [0.05, 0.1) is 19.9 Å². The van der Waals surface area contributed by atoms with Gasteiger partial charge in [0.15, 0.2) is 0 Å².